The zero-order valence-corrected chi connectivity index (χ0v) is 19.1. The zero-order valence-electron chi connectivity index (χ0n) is 18.4. The Balaban J connectivity index is 1.38. The van der Waals surface area contributed by atoms with Crippen LogP contribution in [0.3, 0.4) is 0 Å². The molecule has 1 fully saturated rings. The average molecular weight is 482 g/mol. The highest BCUT2D eigenvalue weighted by Crippen LogP contribution is 2.33. The number of aromatic amines is 1. The normalized spacial score (nSPS) is 16.7. The summed E-state index contributed by atoms with van der Waals surface area (Å²) in [5.41, 5.74) is 0.528. The summed E-state index contributed by atoms with van der Waals surface area (Å²) in [6, 6.07) is 6.27. The lowest BCUT2D eigenvalue weighted by molar-refractivity contribution is 0.0638. The minimum absolute atomic E-state index is 0.0533. The first kappa shape index (κ1) is 22.4. The number of nitrogens with one attached hydrogen (secondary N) is 2. The highest BCUT2D eigenvalue weighted by Gasteiger charge is 2.38. The van der Waals surface area contributed by atoms with Crippen LogP contribution in [0, 0.1) is 0 Å². The molecule has 0 radical (unpaired) electrons. The molecule has 2 aromatic heterocycles. The number of H-pyrrole nitrogens is 1. The van der Waals surface area contributed by atoms with Crippen molar-refractivity contribution in [3.63, 3.8) is 0 Å². The van der Waals surface area contributed by atoms with Crippen molar-refractivity contribution in [2.24, 2.45) is 0 Å². The van der Waals surface area contributed by atoms with Gasteiger partial charge in [-0.25, -0.2) is 4.98 Å². The Morgan fingerprint density at radius 2 is 2.15 bits per heavy atom. The lowest BCUT2D eigenvalue weighted by Gasteiger charge is -2.41. The van der Waals surface area contributed by atoms with Crippen LogP contribution in [-0.2, 0) is 6.61 Å². The van der Waals surface area contributed by atoms with E-state index in [1.807, 2.05) is 6.08 Å². The van der Waals surface area contributed by atoms with Gasteiger partial charge in [-0.3, -0.25) is 14.7 Å². The number of benzene rings is 1. The van der Waals surface area contributed by atoms with E-state index in [1.54, 1.807) is 18.2 Å². The number of allylic oxidation sites excluding steroid dienone is 4. The second-order valence-electron chi connectivity index (χ2n) is 8.58. The fraction of sp³-hybridized carbons (Fsp3) is 0.333. The number of rotatable bonds is 7. The van der Waals surface area contributed by atoms with E-state index in [0.717, 1.165) is 24.8 Å². The van der Waals surface area contributed by atoms with Crippen LogP contribution in [0.15, 0.2) is 47.3 Å². The van der Waals surface area contributed by atoms with Crippen molar-refractivity contribution in [2.75, 3.05) is 6.61 Å². The number of amides is 1. The van der Waals surface area contributed by atoms with E-state index in [2.05, 4.69) is 32.5 Å². The molecule has 0 unspecified atom stereocenters. The van der Waals surface area contributed by atoms with E-state index < -0.39 is 11.4 Å². The topological polar surface area (TPSA) is 122 Å². The third kappa shape index (κ3) is 4.24. The molecule has 0 aliphatic heterocycles. The Bertz CT molecular complexity index is 1360. The van der Waals surface area contributed by atoms with Crippen molar-refractivity contribution in [1.29, 1.82) is 0 Å². The molecule has 0 saturated heterocycles. The Hall–Kier alpha value is -3.43. The lowest BCUT2D eigenvalue weighted by Crippen LogP contribution is -2.56. The summed E-state index contributed by atoms with van der Waals surface area (Å²) in [5.74, 6) is 0.657. The summed E-state index contributed by atoms with van der Waals surface area (Å²) < 4.78 is 7.16. The molecule has 1 aromatic carbocycles. The lowest BCUT2D eigenvalue weighted by atomic mass is 9.77. The summed E-state index contributed by atoms with van der Waals surface area (Å²) in [6.07, 6.45) is 10.3. The zero-order chi connectivity index (χ0) is 23.7. The predicted molar refractivity (Wildman–Crippen MR) is 127 cm³/mol. The highest BCUT2D eigenvalue weighted by atomic mass is 35.5. The molecule has 1 amide bonds. The molecule has 176 valence electrons. The summed E-state index contributed by atoms with van der Waals surface area (Å²) in [7, 11) is 0. The van der Waals surface area contributed by atoms with Crippen molar-refractivity contribution in [2.45, 2.75) is 44.2 Å². The first-order valence-corrected chi connectivity index (χ1v) is 11.6. The Labute approximate surface area is 200 Å². The molecule has 0 spiro atoms. The molecule has 5 rings (SSSR count). The first-order valence-electron chi connectivity index (χ1n) is 11.2. The SMILES string of the molecule is O=C(NC1(CO)CCC1)c1c(Cl)cccc1OCc1cc(=O)n2[nH]c(C3=CCCC=C3)nc2n1. The summed E-state index contributed by atoms with van der Waals surface area (Å²) >= 11 is 6.32. The Morgan fingerprint density at radius 1 is 1.29 bits per heavy atom. The first-order chi connectivity index (χ1) is 16.5. The van der Waals surface area contributed by atoms with Crippen molar-refractivity contribution in [1.82, 2.24) is 24.9 Å². The maximum atomic E-state index is 13.0. The number of hydrogen-bond donors (Lipinski definition) is 3. The van der Waals surface area contributed by atoms with Crippen molar-refractivity contribution < 1.29 is 14.6 Å². The molecule has 3 aromatic rings. The van der Waals surface area contributed by atoms with E-state index in [1.165, 1.54) is 10.6 Å². The number of ether oxygens (including phenoxy) is 1. The smallest absolute Gasteiger partial charge is 0.274 e. The molecule has 10 heteroatoms. The monoisotopic (exact) mass is 481 g/mol. The minimum atomic E-state index is -0.616. The molecule has 1 saturated carbocycles. The highest BCUT2D eigenvalue weighted by molar-refractivity contribution is 6.34. The number of halogens is 1. The fourth-order valence-corrected chi connectivity index (χ4v) is 4.40. The maximum absolute atomic E-state index is 13.0. The number of nitrogens with zero attached hydrogens (tertiary/aromatic N) is 3. The van der Waals surface area contributed by atoms with E-state index in [-0.39, 0.29) is 40.9 Å². The Kier molecular flexibility index (Phi) is 5.97. The number of aliphatic hydroxyl groups excluding tert-OH is 1. The fourth-order valence-electron chi connectivity index (χ4n) is 4.15. The van der Waals surface area contributed by atoms with Gasteiger partial charge in [0.2, 0.25) is 0 Å². The molecule has 3 N–H and O–H groups in total. The number of carbonyl (C=O) groups is 1. The van der Waals surface area contributed by atoms with Gasteiger partial charge in [0.15, 0.2) is 5.82 Å². The molecule has 34 heavy (non-hydrogen) atoms. The van der Waals surface area contributed by atoms with Gasteiger partial charge in [0.05, 0.1) is 28.4 Å². The standard InChI is InChI=1S/C24H24ClN5O4/c25-17-8-4-9-18(20(17)22(33)28-24(14-31)10-5-11-24)34-13-16-12-19(32)30-23(26-16)27-21(29-30)15-6-2-1-3-7-15/h2,4,6-9,12,31H,1,3,5,10-11,13-14H2,(H,28,33)(H,26,27,29). The van der Waals surface area contributed by atoms with Crippen LogP contribution >= 0.6 is 11.6 Å². The molecule has 2 aliphatic rings. The molecule has 2 aliphatic carbocycles. The molecular weight excluding hydrogens is 458 g/mol. The molecule has 0 bridgehead atoms. The quantitative estimate of drug-likeness (QED) is 0.477. The largest absolute Gasteiger partial charge is 0.486 e. The van der Waals surface area contributed by atoms with Crippen molar-refractivity contribution >= 4 is 28.9 Å². The van der Waals surface area contributed by atoms with Gasteiger partial charge in [-0.05, 0) is 44.2 Å². The van der Waals surface area contributed by atoms with Gasteiger partial charge in [-0.15, -0.1) is 0 Å². The van der Waals surface area contributed by atoms with E-state index in [9.17, 15) is 14.7 Å². The third-order valence-corrected chi connectivity index (χ3v) is 6.54. The second-order valence-corrected chi connectivity index (χ2v) is 8.99. The number of fused-ring (bicyclic) bond motifs is 1. The molecule has 9 nitrogen and oxygen atoms in total. The van der Waals surface area contributed by atoms with Crippen LogP contribution in [0.25, 0.3) is 11.4 Å². The van der Waals surface area contributed by atoms with E-state index in [0.29, 0.717) is 24.4 Å². The van der Waals surface area contributed by atoms with Crippen LogP contribution < -0.4 is 15.6 Å². The number of aliphatic hydroxyl groups is 1. The van der Waals surface area contributed by atoms with Gasteiger partial charge < -0.3 is 15.2 Å². The van der Waals surface area contributed by atoms with Gasteiger partial charge in [0.25, 0.3) is 17.2 Å². The van der Waals surface area contributed by atoms with Crippen LogP contribution in [0.2, 0.25) is 5.02 Å². The van der Waals surface area contributed by atoms with Crippen molar-refractivity contribution in [3.05, 3.63) is 75.0 Å². The van der Waals surface area contributed by atoms with Crippen LogP contribution in [0.5, 0.6) is 5.75 Å². The Morgan fingerprint density at radius 3 is 2.85 bits per heavy atom. The number of hydrogen-bond acceptors (Lipinski definition) is 6. The van der Waals surface area contributed by atoms with Crippen LogP contribution in [0.1, 0.15) is 54.0 Å². The van der Waals surface area contributed by atoms with Gasteiger partial charge in [-0.1, -0.05) is 35.9 Å². The number of aromatic nitrogens is 4. The minimum Gasteiger partial charge on any atom is -0.486 e. The van der Waals surface area contributed by atoms with Crippen LogP contribution in [0.4, 0.5) is 0 Å². The molecule has 0 atom stereocenters. The van der Waals surface area contributed by atoms with E-state index >= 15 is 0 Å². The van der Waals surface area contributed by atoms with Gasteiger partial charge >= 0.3 is 0 Å². The summed E-state index contributed by atoms with van der Waals surface area (Å²) in [6.45, 7) is -0.187. The molecule has 2 heterocycles. The second kappa shape index (κ2) is 9.08. The third-order valence-electron chi connectivity index (χ3n) is 6.22. The maximum Gasteiger partial charge on any atom is 0.274 e. The summed E-state index contributed by atoms with van der Waals surface area (Å²) in [4.78, 5) is 34.5. The average Bonchev–Trinajstić information content (AvgIpc) is 3.25. The predicted octanol–water partition coefficient (Wildman–Crippen LogP) is 3.03. The number of carbonyl (C=O) groups excluding carboxylic acids is 1. The molecular formula is C24H24ClN5O4. The van der Waals surface area contributed by atoms with Gasteiger partial charge in [0, 0.05) is 11.6 Å². The van der Waals surface area contributed by atoms with Crippen molar-refractivity contribution in [3.8, 4) is 5.75 Å². The van der Waals surface area contributed by atoms with Gasteiger partial charge in [0.1, 0.15) is 12.4 Å². The van der Waals surface area contributed by atoms with Gasteiger partial charge in [-0.2, -0.15) is 9.50 Å². The van der Waals surface area contributed by atoms with Crippen LogP contribution in [-0.4, -0.2) is 42.7 Å². The van der Waals surface area contributed by atoms with E-state index in [4.69, 9.17) is 16.3 Å². The summed E-state index contributed by atoms with van der Waals surface area (Å²) in [5, 5.41) is 15.8.